The predicted molar refractivity (Wildman–Crippen MR) is 79.8 cm³/mol. The Morgan fingerprint density at radius 2 is 2.05 bits per heavy atom. The zero-order chi connectivity index (χ0) is 15.1. The molecule has 0 N–H and O–H groups in total. The fourth-order valence-corrected chi connectivity index (χ4v) is 1.87. The van der Waals surface area contributed by atoms with E-state index in [0.29, 0.717) is 15.6 Å². The summed E-state index contributed by atoms with van der Waals surface area (Å²) in [6.07, 6.45) is 2.91. The quantitative estimate of drug-likeness (QED) is 0.620. The molecule has 1 aromatic carbocycles. The first kappa shape index (κ1) is 16.5. The van der Waals surface area contributed by atoms with Gasteiger partial charge in [0.05, 0.1) is 6.61 Å². The lowest BCUT2D eigenvalue weighted by molar-refractivity contribution is -0.146. The number of carbonyl (C=O) groups is 2. The Kier molecular flexibility index (Phi) is 6.55. The van der Waals surface area contributed by atoms with Gasteiger partial charge >= 0.3 is 5.97 Å². The molecule has 0 saturated carbocycles. The largest absolute Gasteiger partial charge is 0.465 e. The first-order chi connectivity index (χ1) is 9.43. The molecule has 0 heterocycles. The van der Waals surface area contributed by atoms with Crippen molar-refractivity contribution < 1.29 is 14.3 Å². The number of nitrogens with zero attached hydrogens (tertiary/aromatic N) is 1. The summed E-state index contributed by atoms with van der Waals surface area (Å²) >= 11 is 11.8. The summed E-state index contributed by atoms with van der Waals surface area (Å²) in [5.41, 5.74) is 0.675. The minimum Gasteiger partial charge on any atom is -0.465 e. The van der Waals surface area contributed by atoms with Crippen LogP contribution in [-0.2, 0) is 14.3 Å². The van der Waals surface area contributed by atoms with Crippen molar-refractivity contribution in [3.63, 3.8) is 0 Å². The number of halogens is 2. The first-order valence-electron chi connectivity index (χ1n) is 5.98. The average molecular weight is 316 g/mol. The molecule has 0 saturated heterocycles. The SMILES string of the molecule is CCOC(=O)CN(C)C(=O)C=Cc1ccc(Cl)cc1Cl. The van der Waals surface area contributed by atoms with Crippen molar-refractivity contribution in [2.45, 2.75) is 6.92 Å². The van der Waals surface area contributed by atoms with Gasteiger partial charge in [0.2, 0.25) is 5.91 Å². The van der Waals surface area contributed by atoms with E-state index in [-0.39, 0.29) is 19.1 Å². The lowest BCUT2D eigenvalue weighted by Crippen LogP contribution is -2.31. The van der Waals surface area contributed by atoms with Gasteiger partial charge in [-0.15, -0.1) is 0 Å². The van der Waals surface area contributed by atoms with Crippen LogP contribution in [0.2, 0.25) is 10.0 Å². The maximum atomic E-state index is 11.8. The number of amides is 1. The molecule has 0 spiro atoms. The van der Waals surface area contributed by atoms with Crippen LogP contribution in [-0.4, -0.2) is 37.0 Å². The summed E-state index contributed by atoms with van der Waals surface area (Å²) in [6, 6.07) is 4.98. The van der Waals surface area contributed by atoms with Crippen molar-refractivity contribution in [2.75, 3.05) is 20.2 Å². The average Bonchev–Trinajstić information content (AvgIpc) is 2.37. The molecule has 108 valence electrons. The summed E-state index contributed by atoms with van der Waals surface area (Å²) in [7, 11) is 1.52. The van der Waals surface area contributed by atoms with Gasteiger partial charge in [-0.05, 0) is 30.7 Å². The van der Waals surface area contributed by atoms with Crippen molar-refractivity contribution in [2.24, 2.45) is 0 Å². The lowest BCUT2D eigenvalue weighted by atomic mass is 10.2. The van der Waals surface area contributed by atoms with Gasteiger partial charge < -0.3 is 9.64 Å². The van der Waals surface area contributed by atoms with Crippen molar-refractivity contribution in [1.82, 2.24) is 4.90 Å². The summed E-state index contributed by atoms with van der Waals surface area (Å²) in [4.78, 5) is 24.3. The van der Waals surface area contributed by atoms with Gasteiger partial charge in [0.1, 0.15) is 6.54 Å². The molecule has 0 radical (unpaired) electrons. The number of hydrogen-bond acceptors (Lipinski definition) is 3. The second-order valence-electron chi connectivity index (χ2n) is 4.00. The normalized spacial score (nSPS) is 10.6. The topological polar surface area (TPSA) is 46.6 Å². The van der Waals surface area contributed by atoms with E-state index in [1.165, 1.54) is 18.0 Å². The molecule has 0 unspecified atom stereocenters. The van der Waals surface area contributed by atoms with Crippen LogP contribution in [0.5, 0.6) is 0 Å². The van der Waals surface area contributed by atoms with Crippen molar-refractivity contribution in [1.29, 1.82) is 0 Å². The highest BCUT2D eigenvalue weighted by Crippen LogP contribution is 2.21. The third-order valence-electron chi connectivity index (χ3n) is 2.42. The maximum absolute atomic E-state index is 11.8. The Balaban J connectivity index is 2.65. The number of ether oxygens (including phenoxy) is 1. The summed E-state index contributed by atoms with van der Waals surface area (Å²) in [6.45, 7) is 1.91. The van der Waals surface area contributed by atoms with E-state index in [9.17, 15) is 9.59 Å². The molecule has 1 aromatic rings. The second kappa shape index (κ2) is 7.92. The number of hydrogen-bond donors (Lipinski definition) is 0. The summed E-state index contributed by atoms with van der Waals surface area (Å²) < 4.78 is 4.77. The molecule has 0 atom stereocenters. The number of rotatable bonds is 5. The van der Waals surface area contributed by atoms with E-state index in [0.717, 1.165) is 0 Å². The fourth-order valence-electron chi connectivity index (χ4n) is 1.40. The number of carbonyl (C=O) groups excluding carboxylic acids is 2. The molecule has 4 nitrogen and oxygen atoms in total. The van der Waals surface area contributed by atoms with E-state index >= 15 is 0 Å². The highest BCUT2D eigenvalue weighted by atomic mass is 35.5. The molecule has 6 heteroatoms. The first-order valence-corrected chi connectivity index (χ1v) is 6.73. The molecule has 0 fully saturated rings. The van der Waals surface area contributed by atoms with Gasteiger partial charge in [-0.3, -0.25) is 9.59 Å². The summed E-state index contributed by atoms with van der Waals surface area (Å²) in [5.74, 6) is -0.759. The van der Waals surface area contributed by atoms with Gasteiger partial charge in [-0.2, -0.15) is 0 Å². The molecular formula is C14H15Cl2NO3. The van der Waals surface area contributed by atoms with Crippen LogP contribution >= 0.6 is 23.2 Å². The predicted octanol–water partition coefficient (Wildman–Crippen LogP) is 3.03. The Labute approximate surface area is 127 Å². The Bertz CT molecular complexity index is 529. The molecule has 0 aliphatic heterocycles. The minimum atomic E-state index is -0.443. The van der Waals surface area contributed by atoms with E-state index in [4.69, 9.17) is 27.9 Å². The molecule has 0 bridgehead atoms. The third kappa shape index (κ3) is 5.23. The Morgan fingerprint density at radius 1 is 1.35 bits per heavy atom. The van der Waals surface area contributed by atoms with Gasteiger partial charge in [0.15, 0.2) is 0 Å². The zero-order valence-corrected chi connectivity index (χ0v) is 12.7. The van der Waals surface area contributed by atoms with Crippen molar-refractivity contribution in [3.8, 4) is 0 Å². The van der Waals surface area contributed by atoms with Crippen molar-refractivity contribution in [3.05, 3.63) is 39.9 Å². The third-order valence-corrected chi connectivity index (χ3v) is 2.98. The van der Waals surface area contributed by atoms with E-state index < -0.39 is 5.97 Å². The molecule has 0 aromatic heterocycles. The van der Waals surface area contributed by atoms with Gasteiger partial charge in [-0.25, -0.2) is 0 Å². The lowest BCUT2D eigenvalue weighted by Gasteiger charge is -2.13. The highest BCUT2D eigenvalue weighted by molar-refractivity contribution is 6.35. The highest BCUT2D eigenvalue weighted by Gasteiger charge is 2.11. The van der Waals surface area contributed by atoms with E-state index in [2.05, 4.69) is 0 Å². The van der Waals surface area contributed by atoms with Crippen LogP contribution in [0.1, 0.15) is 12.5 Å². The van der Waals surface area contributed by atoms with Gasteiger partial charge in [0.25, 0.3) is 0 Å². The van der Waals surface area contributed by atoms with Gasteiger partial charge in [-0.1, -0.05) is 29.3 Å². The smallest absolute Gasteiger partial charge is 0.325 e. The molecule has 1 amide bonds. The van der Waals surface area contributed by atoms with E-state index in [1.807, 2.05) is 0 Å². The Hall–Kier alpha value is -1.52. The number of benzene rings is 1. The molecular weight excluding hydrogens is 301 g/mol. The van der Waals surface area contributed by atoms with Crippen LogP contribution in [0.15, 0.2) is 24.3 Å². The van der Waals surface area contributed by atoms with Gasteiger partial charge in [0, 0.05) is 23.2 Å². The number of esters is 1. The van der Waals surface area contributed by atoms with Crippen LogP contribution in [0, 0.1) is 0 Å². The minimum absolute atomic E-state index is 0.0919. The van der Waals surface area contributed by atoms with Crippen LogP contribution in [0.25, 0.3) is 6.08 Å². The van der Waals surface area contributed by atoms with Crippen LogP contribution < -0.4 is 0 Å². The maximum Gasteiger partial charge on any atom is 0.325 e. The standard InChI is InChI=1S/C14H15Cl2NO3/c1-3-20-14(19)9-17(2)13(18)7-5-10-4-6-11(15)8-12(10)16/h4-8H,3,9H2,1-2H3. The van der Waals surface area contributed by atoms with Crippen LogP contribution in [0.3, 0.4) is 0 Å². The zero-order valence-electron chi connectivity index (χ0n) is 11.2. The second-order valence-corrected chi connectivity index (χ2v) is 4.84. The summed E-state index contributed by atoms with van der Waals surface area (Å²) in [5, 5.41) is 0.979. The molecule has 20 heavy (non-hydrogen) atoms. The molecule has 1 rings (SSSR count). The van der Waals surface area contributed by atoms with Crippen LogP contribution in [0.4, 0.5) is 0 Å². The number of likely N-dealkylation sites (N-methyl/N-ethyl adjacent to an activating group) is 1. The fraction of sp³-hybridized carbons (Fsp3) is 0.286. The van der Waals surface area contributed by atoms with Crippen molar-refractivity contribution >= 4 is 41.2 Å². The monoisotopic (exact) mass is 315 g/mol. The molecule has 0 aliphatic rings. The van der Waals surface area contributed by atoms with E-state index in [1.54, 1.807) is 31.2 Å². The Morgan fingerprint density at radius 3 is 2.65 bits per heavy atom. The molecule has 0 aliphatic carbocycles.